The quantitative estimate of drug-likeness (QED) is 0.129. The third-order valence-electron chi connectivity index (χ3n) is 12.1. The van der Waals surface area contributed by atoms with Gasteiger partial charge in [0.15, 0.2) is 0 Å². The van der Waals surface area contributed by atoms with Gasteiger partial charge in [-0.25, -0.2) is 0 Å². The zero-order valence-corrected chi connectivity index (χ0v) is 49.8. The lowest BCUT2D eigenvalue weighted by molar-refractivity contribution is 0.279. The lowest BCUT2D eigenvalue weighted by Crippen LogP contribution is -2.12. The molecule has 0 saturated heterocycles. The fraction of sp³-hybridized carbons (Fsp3) is 0.785. The lowest BCUT2D eigenvalue weighted by atomic mass is 9.82. The number of unbranched alkanes of at least 4 members (excludes halogenated alkanes) is 3. The van der Waals surface area contributed by atoms with E-state index in [1.807, 2.05) is 19.1 Å². The zero-order chi connectivity index (χ0) is 51.8. The van der Waals surface area contributed by atoms with E-state index in [9.17, 15) is 0 Å². The number of rotatable bonds is 14. The van der Waals surface area contributed by atoms with Gasteiger partial charge in [0.1, 0.15) is 0 Å². The molecule has 1 aromatic rings. The summed E-state index contributed by atoms with van der Waals surface area (Å²) in [5.74, 6) is 8.97. The van der Waals surface area contributed by atoms with Crippen molar-refractivity contribution in [1.29, 1.82) is 0 Å². The number of hydrogen-bond acceptors (Lipinski definition) is 0. The van der Waals surface area contributed by atoms with E-state index >= 15 is 0 Å². The summed E-state index contributed by atoms with van der Waals surface area (Å²) in [6, 6.07) is 10.5. The molecule has 65 heavy (non-hydrogen) atoms. The highest BCUT2D eigenvalue weighted by Gasteiger charge is 2.15. The summed E-state index contributed by atoms with van der Waals surface area (Å²) in [7, 11) is 0. The minimum absolute atomic E-state index is 0.648. The van der Waals surface area contributed by atoms with Crippen LogP contribution in [0.15, 0.2) is 78.9 Å². The van der Waals surface area contributed by atoms with Crippen LogP contribution in [0.3, 0.4) is 0 Å². The largest absolute Gasteiger partial charge is 0.103 e. The van der Waals surface area contributed by atoms with Crippen molar-refractivity contribution in [2.24, 2.45) is 59.2 Å². The molecule has 2 aliphatic rings. The smallest absolute Gasteiger partial charge is 0.0219 e. The van der Waals surface area contributed by atoms with Crippen molar-refractivity contribution in [3.8, 4) is 0 Å². The molecular weight excluding hydrogens is 781 g/mol. The van der Waals surface area contributed by atoms with Gasteiger partial charge in [0.25, 0.3) is 0 Å². The molecule has 0 aromatic heterocycles. The Hall–Kier alpha value is -1.82. The van der Waals surface area contributed by atoms with Gasteiger partial charge in [0.05, 0.1) is 0 Å². The van der Waals surface area contributed by atoms with Crippen LogP contribution in [0.1, 0.15) is 280 Å². The van der Waals surface area contributed by atoms with Crippen molar-refractivity contribution in [3.63, 3.8) is 0 Å². The highest BCUT2D eigenvalue weighted by molar-refractivity contribution is 5.17. The van der Waals surface area contributed by atoms with E-state index in [1.54, 1.807) is 5.57 Å². The second-order valence-corrected chi connectivity index (χ2v) is 22.5. The van der Waals surface area contributed by atoms with Gasteiger partial charge in [-0.15, -0.1) is 6.58 Å². The van der Waals surface area contributed by atoms with Crippen LogP contribution in [-0.4, -0.2) is 0 Å². The Labute approximate surface area is 416 Å². The SMILES string of the molecule is C=C(C)C(C)C.C=CC(C)C.CC(C)C(C)C.CC(C)C1=CCCCC1.CC(C)C1CCCCC1.CC(C)c1ccccc1.CCC(C)C.CCC/C=C/C(C)C.CCCCCC(C)C. The second kappa shape index (κ2) is 54.8. The Morgan fingerprint density at radius 3 is 1.32 bits per heavy atom. The van der Waals surface area contributed by atoms with E-state index in [-0.39, 0.29) is 0 Å². The van der Waals surface area contributed by atoms with Crippen LogP contribution in [0.2, 0.25) is 0 Å². The van der Waals surface area contributed by atoms with Crippen molar-refractivity contribution in [2.75, 3.05) is 0 Å². The molecule has 0 bridgehead atoms. The molecule has 0 spiro atoms. The maximum absolute atomic E-state index is 3.75. The topological polar surface area (TPSA) is 0 Å². The highest BCUT2D eigenvalue weighted by atomic mass is 14.2. The fourth-order valence-electron chi connectivity index (χ4n) is 5.36. The maximum Gasteiger partial charge on any atom is -0.0219 e. The molecule has 0 heterocycles. The minimum Gasteiger partial charge on any atom is -0.103 e. The number of benzene rings is 1. The summed E-state index contributed by atoms with van der Waals surface area (Å²) in [6.45, 7) is 60.6. The van der Waals surface area contributed by atoms with Crippen molar-refractivity contribution in [3.05, 3.63) is 84.5 Å². The predicted octanol–water partition coefficient (Wildman–Crippen LogP) is 23.8. The molecule has 2 aliphatic carbocycles. The van der Waals surface area contributed by atoms with Crippen LogP contribution >= 0.6 is 0 Å². The van der Waals surface area contributed by atoms with Gasteiger partial charge in [0.2, 0.25) is 0 Å². The van der Waals surface area contributed by atoms with Gasteiger partial charge in [-0.3, -0.25) is 0 Å². The average Bonchev–Trinajstić information content (AvgIpc) is 3.26. The monoisotopic (exact) mass is 909 g/mol. The predicted molar refractivity (Wildman–Crippen MR) is 311 cm³/mol. The third kappa shape index (κ3) is 71.3. The minimum atomic E-state index is 0.648. The molecule has 0 nitrogen and oxygen atoms in total. The van der Waals surface area contributed by atoms with Gasteiger partial charge in [-0.05, 0) is 110 Å². The second-order valence-electron chi connectivity index (χ2n) is 22.5. The molecule has 0 atom stereocenters. The number of allylic oxidation sites excluding steroid dienone is 6. The van der Waals surface area contributed by atoms with E-state index < -0.39 is 0 Å². The first-order valence-corrected chi connectivity index (χ1v) is 28.0. The van der Waals surface area contributed by atoms with Crippen LogP contribution in [0.4, 0.5) is 0 Å². The maximum atomic E-state index is 3.75. The standard InChI is InChI=1S/C9H18.C9H16.C9H12.C8H18.C8H16.C6H14.C6H12.C5H12.C5H10/c3*1-8(2)9-6-4-3-5-7-9;2*1-4-5-6-7-8(2)3;2*1-5(2)6(3)4;2*1-4-5(2)3/h8-9H,3-7H2,1-2H3;6,8H,3-5,7H2,1-2H3;3-8H,1-2H3;8H,4-7H2,1-3H3;6-8H,4-5H2,1-3H3;5-6H,1-4H3;6H,1H2,2-4H3;5H,4H2,1-3H3;4-5H,1H2,2-3H3/b;;;;7-6+;;;;. The molecule has 0 amide bonds. The molecule has 0 unspecified atom stereocenters. The molecule has 1 fully saturated rings. The first kappa shape index (κ1) is 74.7. The molecule has 1 saturated carbocycles. The van der Waals surface area contributed by atoms with Crippen molar-refractivity contribution in [2.45, 2.75) is 275 Å². The summed E-state index contributed by atoms with van der Waals surface area (Å²) in [4.78, 5) is 0. The molecule has 388 valence electrons. The van der Waals surface area contributed by atoms with Crippen LogP contribution < -0.4 is 0 Å². The summed E-state index contributed by atoms with van der Waals surface area (Å²) >= 11 is 0. The van der Waals surface area contributed by atoms with Crippen molar-refractivity contribution >= 4 is 0 Å². The molecular formula is C65H128. The van der Waals surface area contributed by atoms with Crippen LogP contribution in [0, 0.1) is 59.2 Å². The van der Waals surface area contributed by atoms with Gasteiger partial charge < -0.3 is 0 Å². The van der Waals surface area contributed by atoms with E-state index in [1.165, 1.54) is 114 Å². The average molecular weight is 910 g/mol. The molecule has 0 aliphatic heterocycles. The normalized spacial score (nSPS) is 13.4. The van der Waals surface area contributed by atoms with Gasteiger partial charge >= 0.3 is 0 Å². The first-order valence-electron chi connectivity index (χ1n) is 28.0. The summed E-state index contributed by atoms with van der Waals surface area (Å²) in [5, 5.41) is 0. The Kier molecular flexibility index (Phi) is 63.0. The zero-order valence-electron chi connectivity index (χ0n) is 49.8. The summed E-state index contributed by atoms with van der Waals surface area (Å²) in [6.07, 6.45) is 31.2. The number of hydrogen-bond donors (Lipinski definition) is 0. The van der Waals surface area contributed by atoms with Gasteiger partial charge in [0, 0.05) is 0 Å². The molecule has 0 radical (unpaired) electrons. The molecule has 0 N–H and O–H groups in total. The van der Waals surface area contributed by atoms with E-state index in [0.717, 1.165) is 47.3 Å². The lowest BCUT2D eigenvalue weighted by Gasteiger charge is -2.24. The molecule has 1 aromatic carbocycles. The Morgan fingerprint density at radius 2 is 1.09 bits per heavy atom. The van der Waals surface area contributed by atoms with Crippen LogP contribution in [0.25, 0.3) is 0 Å². The van der Waals surface area contributed by atoms with Crippen LogP contribution in [-0.2, 0) is 0 Å². The Balaban J connectivity index is -0.000000152. The van der Waals surface area contributed by atoms with E-state index in [0.29, 0.717) is 17.8 Å². The molecule has 3 rings (SSSR count). The summed E-state index contributed by atoms with van der Waals surface area (Å²) < 4.78 is 0. The fourth-order valence-corrected chi connectivity index (χ4v) is 5.36. The van der Waals surface area contributed by atoms with E-state index in [4.69, 9.17) is 0 Å². The first-order chi connectivity index (χ1) is 30.3. The summed E-state index contributed by atoms with van der Waals surface area (Å²) in [5.41, 5.74) is 4.36. The molecule has 0 heteroatoms. The van der Waals surface area contributed by atoms with Gasteiger partial charge in [-0.2, -0.15) is 0 Å². The third-order valence-corrected chi connectivity index (χ3v) is 12.1. The Morgan fingerprint density at radius 1 is 0.615 bits per heavy atom. The highest BCUT2D eigenvalue weighted by Crippen LogP contribution is 2.29. The van der Waals surface area contributed by atoms with E-state index in [2.05, 4.69) is 215 Å². The van der Waals surface area contributed by atoms with Crippen LogP contribution in [0.5, 0.6) is 0 Å². The Bertz CT molecular complexity index is 1090. The van der Waals surface area contributed by atoms with Crippen molar-refractivity contribution < 1.29 is 0 Å². The van der Waals surface area contributed by atoms with Gasteiger partial charge in [-0.1, -0.05) is 302 Å². The van der Waals surface area contributed by atoms with Crippen molar-refractivity contribution in [1.82, 2.24) is 0 Å².